The van der Waals surface area contributed by atoms with Gasteiger partial charge in [0.05, 0.1) is 29.6 Å². The minimum absolute atomic E-state index is 0.122. The van der Waals surface area contributed by atoms with Crippen LogP contribution in [0.15, 0.2) is 30.5 Å². The van der Waals surface area contributed by atoms with E-state index >= 15 is 0 Å². The van der Waals surface area contributed by atoms with Crippen LogP contribution in [0.4, 0.5) is 5.69 Å². The molecule has 0 bridgehead atoms. The summed E-state index contributed by atoms with van der Waals surface area (Å²) in [5.41, 5.74) is 2.34. The van der Waals surface area contributed by atoms with Crippen molar-refractivity contribution >= 4 is 40.2 Å². The summed E-state index contributed by atoms with van der Waals surface area (Å²) in [5.74, 6) is 1.92. The fraction of sp³-hybridized carbons (Fsp3) is 0.455. The number of nitriles is 1. The van der Waals surface area contributed by atoms with E-state index in [1.807, 2.05) is 18.2 Å². The topological polar surface area (TPSA) is 89.3 Å². The van der Waals surface area contributed by atoms with E-state index in [1.54, 1.807) is 24.0 Å². The summed E-state index contributed by atoms with van der Waals surface area (Å²) >= 11 is 1.55. The summed E-state index contributed by atoms with van der Waals surface area (Å²) in [7, 11) is 0. The lowest BCUT2D eigenvalue weighted by molar-refractivity contribution is -0.129. The molecule has 156 valence electrons. The smallest absolute Gasteiger partial charge is 0.252 e. The number of rotatable bonds is 5. The highest BCUT2D eigenvalue weighted by atomic mass is 32.2. The largest absolute Gasteiger partial charge is 0.371 e. The molecule has 0 aliphatic carbocycles. The van der Waals surface area contributed by atoms with Crippen molar-refractivity contribution in [2.24, 2.45) is 11.8 Å². The van der Waals surface area contributed by atoms with Crippen molar-refractivity contribution in [1.29, 1.82) is 5.26 Å². The minimum Gasteiger partial charge on any atom is -0.371 e. The molecule has 3 heterocycles. The zero-order chi connectivity index (χ0) is 21.3. The maximum atomic E-state index is 12.8. The number of fused-ring (bicyclic) bond motifs is 1. The Labute approximate surface area is 180 Å². The van der Waals surface area contributed by atoms with Gasteiger partial charge < -0.3 is 15.1 Å². The van der Waals surface area contributed by atoms with Crippen molar-refractivity contribution < 1.29 is 9.59 Å². The molecule has 2 aromatic rings. The third-order valence-electron chi connectivity index (χ3n) is 5.94. The summed E-state index contributed by atoms with van der Waals surface area (Å²) < 4.78 is 0. The van der Waals surface area contributed by atoms with Gasteiger partial charge in [0.25, 0.3) is 5.91 Å². The summed E-state index contributed by atoms with van der Waals surface area (Å²) in [4.78, 5) is 33.5. The Morgan fingerprint density at radius 3 is 2.87 bits per heavy atom. The Morgan fingerprint density at radius 1 is 1.33 bits per heavy atom. The van der Waals surface area contributed by atoms with Crippen LogP contribution in [0, 0.1) is 23.2 Å². The molecule has 2 aliphatic rings. The molecule has 1 unspecified atom stereocenters. The fourth-order valence-corrected chi connectivity index (χ4v) is 4.93. The van der Waals surface area contributed by atoms with E-state index in [4.69, 9.17) is 5.26 Å². The van der Waals surface area contributed by atoms with Crippen LogP contribution < -0.4 is 10.2 Å². The molecule has 0 spiro atoms. The fourth-order valence-electron chi connectivity index (χ4n) is 3.82. The zero-order valence-electron chi connectivity index (χ0n) is 17.2. The lowest BCUT2D eigenvalue weighted by Gasteiger charge is -2.43. The highest BCUT2D eigenvalue weighted by Gasteiger charge is 2.30. The van der Waals surface area contributed by atoms with Gasteiger partial charge in [-0.15, -0.1) is 11.8 Å². The van der Waals surface area contributed by atoms with Crippen LogP contribution in [0.5, 0.6) is 0 Å². The molecule has 0 radical (unpaired) electrons. The lowest BCUT2D eigenvalue weighted by atomic mass is 9.88. The van der Waals surface area contributed by atoms with Gasteiger partial charge in [0.1, 0.15) is 6.04 Å². The van der Waals surface area contributed by atoms with Gasteiger partial charge in [0.15, 0.2) is 0 Å². The van der Waals surface area contributed by atoms with Crippen molar-refractivity contribution in [3.63, 3.8) is 0 Å². The van der Waals surface area contributed by atoms with Crippen molar-refractivity contribution in [3.8, 4) is 6.07 Å². The van der Waals surface area contributed by atoms with Gasteiger partial charge >= 0.3 is 0 Å². The average molecular weight is 424 g/mol. The Hall–Kier alpha value is -2.79. The Kier molecular flexibility index (Phi) is 5.82. The molecule has 30 heavy (non-hydrogen) atoms. The van der Waals surface area contributed by atoms with Gasteiger partial charge in [-0.2, -0.15) is 5.26 Å². The molecule has 2 aliphatic heterocycles. The van der Waals surface area contributed by atoms with Crippen LogP contribution >= 0.6 is 11.8 Å². The van der Waals surface area contributed by atoms with E-state index in [0.29, 0.717) is 29.0 Å². The number of carbonyl (C=O) groups is 2. The molecule has 1 aromatic heterocycles. The number of nitrogens with one attached hydrogen (secondary N) is 1. The second kappa shape index (κ2) is 8.52. The number of nitrogens with zero attached hydrogens (tertiary/aromatic N) is 4. The van der Waals surface area contributed by atoms with Crippen molar-refractivity contribution in [3.05, 3.63) is 36.0 Å². The van der Waals surface area contributed by atoms with Gasteiger partial charge in [0.2, 0.25) is 5.91 Å². The minimum atomic E-state index is -0.421. The van der Waals surface area contributed by atoms with Crippen LogP contribution in [0.3, 0.4) is 0 Å². The normalized spacial score (nSPS) is 19.1. The summed E-state index contributed by atoms with van der Waals surface area (Å²) in [6.07, 6.45) is 1.61. The third kappa shape index (κ3) is 3.94. The van der Waals surface area contributed by atoms with Crippen molar-refractivity contribution in [2.75, 3.05) is 36.2 Å². The predicted molar refractivity (Wildman–Crippen MR) is 118 cm³/mol. The van der Waals surface area contributed by atoms with E-state index in [2.05, 4.69) is 35.1 Å². The average Bonchev–Trinajstić information content (AvgIpc) is 3.19. The van der Waals surface area contributed by atoms with E-state index < -0.39 is 6.04 Å². The second-order valence-corrected chi connectivity index (χ2v) is 9.16. The van der Waals surface area contributed by atoms with Crippen LogP contribution in [0.25, 0.3) is 10.9 Å². The van der Waals surface area contributed by atoms with Gasteiger partial charge in [0, 0.05) is 36.1 Å². The van der Waals surface area contributed by atoms with Crippen LogP contribution in [-0.4, -0.2) is 59.0 Å². The number of hydrogen-bond donors (Lipinski definition) is 1. The first-order chi connectivity index (χ1) is 14.5. The standard InChI is InChI=1S/C22H25N5O2S/c1-14(2)15-10-26(11-15)16-3-4-20-19(7-16)18(5-6-24-20)22(29)25-9-21(28)27-13-30-12-17(27)8-23/h3-7,14-15,17H,9-13H2,1-2H3,(H,25,29). The summed E-state index contributed by atoms with van der Waals surface area (Å²) in [5, 5.41) is 12.6. The quantitative estimate of drug-likeness (QED) is 0.795. The number of aromatic nitrogens is 1. The summed E-state index contributed by atoms with van der Waals surface area (Å²) in [6.45, 7) is 6.41. The summed E-state index contributed by atoms with van der Waals surface area (Å²) in [6, 6.07) is 9.39. The van der Waals surface area contributed by atoms with E-state index in [-0.39, 0.29) is 18.4 Å². The third-order valence-corrected chi connectivity index (χ3v) is 6.95. The van der Waals surface area contributed by atoms with Crippen molar-refractivity contribution in [2.45, 2.75) is 19.9 Å². The molecular weight excluding hydrogens is 398 g/mol. The number of thioether (sulfide) groups is 1. The molecule has 7 nitrogen and oxygen atoms in total. The Balaban J connectivity index is 1.48. The highest BCUT2D eigenvalue weighted by Crippen LogP contribution is 2.31. The van der Waals surface area contributed by atoms with Crippen LogP contribution in [0.1, 0.15) is 24.2 Å². The first-order valence-corrected chi connectivity index (χ1v) is 11.3. The number of amides is 2. The lowest BCUT2D eigenvalue weighted by Crippen LogP contribution is -2.49. The predicted octanol–water partition coefficient (Wildman–Crippen LogP) is 2.48. The molecular formula is C22H25N5O2S. The van der Waals surface area contributed by atoms with E-state index in [1.165, 1.54) is 4.90 Å². The molecule has 1 atom stereocenters. The number of hydrogen-bond acceptors (Lipinski definition) is 6. The zero-order valence-corrected chi connectivity index (χ0v) is 18.0. The molecule has 2 fully saturated rings. The molecule has 1 N–H and O–H groups in total. The van der Waals surface area contributed by atoms with Gasteiger partial charge in [-0.1, -0.05) is 13.8 Å². The van der Waals surface area contributed by atoms with Crippen LogP contribution in [-0.2, 0) is 4.79 Å². The Morgan fingerprint density at radius 2 is 2.13 bits per heavy atom. The highest BCUT2D eigenvalue weighted by molar-refractivity contribution is 7.99. The molecule has 8 heteroatoms. The molecule has 2 amide bonds. The number of benzene rings is 1. The SMILES string of the molecule is CC(C)C1CN(c2ccc3nccc(C(=O)NCC(=O)N4CSCC4C#N)c3c2)C1. The molecule has 2 saturated heterocycles. The first-order valence-electron chi connectivity index (χ1n) is 10.2. The van der Waals surface area contributed by atoms with Gasteiger partial charge in [-0.25, -0.2) is 0 Å². The monoisotopic (exact) mass is 423 g/mol. The number of pyridine rings is 1. The van der Waals surface area contributed by atoms with E-state index in [9.17, 15) is 9.59 Å². The van der Waals surface area contributed by atoms with Gasteiger partial charge in [-0.3, -0.25) is 14.6 Å². The van der Waals surface area contributed by atoms with Crippen molar-refractivity contribution in [1.82, 2.24) is 15.2 Å². The number of anilines is 1. The molecule has 4 rings (SSSR count). The first kappa shape index (κ1) is 20.5. The van der Waals surface area contributed by atoms with Crippen LogP contribution in [0.2, 0.25) is 0 Å². The maximum absolute atomic E-state index is 12.8. The molecule has 0 saturated carbocycles. The maximum Gasteiger partial charge on any atom is 0.252 e. The molecule has 1 aromatic carbocycles. The second-order valence-electron chi connectivity index (χ2n) is 8.16. The Bertz CT molecular complexity index is 1010. The number of carbonyl (C=O) groups excluding carboxylic acids is 2. The van der Waals surface area contributed by atoms with E-state index in [0.717, 1.165) is 29.7 Å². The van der Waals surface area contributed by atoms with Gasteiger partial charge in [-0.05, 0) is 36.1 Å².